The molecular weight excluding hydrogens is 411 g/mol. The number of aliphatic hydroxyl groups excluding tert-OH is 1. The SMILES string of the molecule is C[C@H](CCC(F)C(C)(C)O)[C@H]1CC[C@@]2(C)C3=C(CC[C@]12C)[C@@]1(C)CC[C@H](O)C(C)(C)[C@@H]1CC3. The molecule has 4 rings (SSSR count). The quantitative estimate of drug-likeness (QED) is 0.412. The molecule has 0 spiro atoms. The van der Waals surface area contributed by atoms with Crippen LogP contribution in [0.25, 0.3) is 0 Å². The van der Waals surface area contributed by atoms with E-state index in [1.807, 2.05) is 0 Å². The van der Waals surface area contributed by atoms with Crippen LogP contribution in [0.15, 0.2) is 11.1 Å². The fraction of sp³-hybridized carbons (Fsp3) is 0.933. The van der Waals surface area contributed by atoms with E-state index in [4.69, 9.17) is 0 Å². The number of rotatable bonds is 5. The molecule has 8 atom stereocenters. The number of allylic oxidation sites excluding steroid dienone is 2. The Morgan fingerprint density at radius 3 is 2.24 bits per heavy atom. The molecule has 1 unspecified atom stereocenters. The first-order chi connectivity index (χ1) is 15.1. The Morgan fingerprint density at radius 2 is 1.61 bits per heavy atom. The first kappa shape index (κ1) is 25.7. The fourth-order valence-electron chi connectivity index (χ4n) is 9.59. The zero-order chi connectivity index (χ0) is 24.6. The zero-order valence-electron chi connectivity index (χ0n) is 22.7. The van der Waals surface area contributed by atoms with Crippen LogP contribution in [0.4, 0.5) is 4.39 Å². The van der Waals surface area contributed by atoms with E-state index in [0.29, 0.717) is 24.2 Å². The van der Waals surface area contributed by atoms with Crippen molar-refractivity contribution in [3.8, 4) is 0 Å². The molecule has 4 aliphatic carbocycles. The third-order valence-corrected chi connectivity index (χ3v) is 12.1. The Hall–Kier alpha value is -0.410. The highest BCUT2D eigenvalue weighted by Gasteiger charge is 2.63. The lowest BCUT2D eigenvalue weighted by molar-refractivity contribution is -0.0963. The van der Waals surface area contributed by atoms with Crippen LogP contribution in [-0.4, -0.2) is 28.1 Å². The lowest BCUT2D eigenvalue weighted by atomic mass is 9.43. The highest BCUT2D eigenvalue weighted by Crippen LogP contribution is 2.72. The lowest BCUT2D eigenvalue weighted by Crippen LogP contribution is -2.55. The monoisotopic (exact) mass is 462 g/mol. The van der Waals surface area contributed by atoms with Gasteiger partial charge in [0.1, 0.15) is 6.17 Å². The molecule has 2 nitrogen and oxygen atoms in total. The number of aliphatic hydroxyl groups is 2. The van der Waals surface area contributed by atoms with Crippen molar-refractivity contribution >= 4 is 0 Å². The summed E-state index contributed by atoms with van der Waals surface area (Å²) >= 11 is 0. The number of fused-ring (bicyclic) bond motifs is 4. The Bertz CT molecular complexity index is 794. The molecule has 0 heterocycles. The van der Waals surface area contributed by atoms with Crippen molar-refractivity contribution in [1.82, 2.24) is 0 Å². The Balaban J connectivity index is 1.60. The molecule has 0 amide bonds. The normalized spacial score (nSPS) is 44.6. The minimum atomic E-state index is -1.24. The molecule has 2 fully saturated rings. The van der Waals surface area contributed by atoms with Crippen molar-refractivity contribution < 1.29 is 14.6 Å². The largest absolute Gasteiger partial charge is 0.393 e. The summed E-state index contributed by atoms with van der Waals surface area (Å²) in [6.07, 6.45) is 9.40. The maximum atomic E-state index is 14.5. The molecular formula is C30H51FO2. The van der Waals surface area contributed by atoms with E-state index < -0.39 is 11.8 Å². The molecule has 2 N–H and O–H groups in total. The molecule has 0 bridgehead atoms. The first-order valence-electron chi connectivity index (χ1n) is 13.9. The van der Waals surface area contributed by atoms with Gasteiger partial charge in [-0.05, 0) is 117 Å². The average molecular weight is 463 g/mol. The van der Waals surface area contributed by atoms with Crippen LogP contribution in [0.1, 0.15) is 120 Å². The van der Waals surface area contributed by atoms with Crippen molar-refractivity contribution in [3.63, 3.8) is 0 Å². The van der Waals surface area contributed by atoms with Gasteiger partial charge >= 0.3 is 0 Å². The van der Waals surface area contributed by atoms with Gasteiger partial charge < -0.3 is 10.2 Å². The van der Waals surface area contributed by atoms with Crippen LogP contribution in [-0.2, 0) is 0 Å². The number of hydrogen-bond acceptors (Lipinski definition) is 2. The Kier molecular flexibility index (Phi) is 6.26. The predicted molar refractivity (Wildman–Crippen MR) is 135 cm³/mol. The minimum Gasteiger partial charge on any atom is -0.393 e. The summed E-state index contributed by atoms with van der Waals surface area (Å²) in [6.45, 7) is 17.8. The molecule has 4 aliphatic rings. The summed E-state index contributed by atoms with van der Waals surface area (Å²) in [5.41, 5.74) is 3.04. The van der Waals surface area contributed by atoms with Crippen LogP contribution in [0.5, 0.6) is 0 Å². The summed E-state index contributed by atoms with van der Waals surface area (Å²) in [5, 5.41) is 20.9. The highest BCUT2D eigenvalue weighted by atomic mass is 19.1. The maximum absolute atomic E-state index is 14.5. The van der Waals surface area contributed by atoms with Crippen LogP contribution in [0.3, 0.4) is 0 Å². The van der Waals surface area contributed by atoms with Crippen molar-refractivity contribution in [3.05, 3.63) is 11.1 Å². The average Bonchev–Trinajstić information content (AvgIpc) is 3.00. The third kappa shape index (κ3) is 3.69. The predicted octanol–water partition coefficient (Wildman–Crippen LogP) is 7.62. The van der Waals surface area contributed by atoms with Crippen molar-refractivity contribution in [2.24, 2.45) is 39.4 Å². The van der Waals surface area contributed by atoms with E-state index >= 15 is 0 Å². The minimum absolute atomic E-state index is 0.0106. The van der Waals surface area contributed by atoms with Gasteiger partial charge in [0.25, 0.3) is 0 Å². The van der Waals surface area contributed by atoms with Gasteiger partial charge in [-0.15, -0.1) is 0 Å². The Morgan fingerprint density at radius 1 is 0.939 bits per heavy atom. The molecule has 0 aromatic carbocycles. The van der Waals surface area contributed by atoms with Gasteiger partial charge in [-0.3, -0.25) is 0 Å². The number of hydrogen-bond donors (Lipinski definition) is 2. The lowest BCUT2D eigenvalue weighted by Gasteiger charge is -2.62. The number of halogens is 1. The van der Waals surface area contributed by atoms with E-state index in [1.165, 1.54) is 38.5 Å². The number of alkyl halides is 1. The second-order valence-corrected chi connectivity index (χ2v) is 14.4. The fourth-order valence-corrected chi connectivity index (χ4v) is 9.59. The first-order valence-corrected chi connectivity index (χ1v) is 13.9. The summed E-state index contributed by atoms with van der Waals surface area (Å²) in [4.78, 5) is 0. The second-order valence-electron chi connectivity index (χ2n) is 14.4. The summed E-state index contributed by atoms with van der Waals surface area (Å²) < 4.78 is 14.5. The van der Waals surface area contributed by atoms with Crippen molar-refractivity contribution in [2.45, 2.75) is 137 Å². The van der Waals surface area contributed by atoms with Crippen LogP contribution in [0.2, 0.25) is 0 Å². The van der Waals surface area contributed by atoms with Gasteiger partial charge in [-0.2, -0.15) is 0 Å². The van der Waals surface area contributed by atoms with Gasteiger partial charge in [-0.1, -0.05) is 52.7 Å². The molecule has 3 heteroatoms. The third-order valence-electron chi connectivity index (χ3n) is 12.1. The van der Waals surface area contributed by atoms with Crippen LogP contribution >= 0.6 is 0 Å². The van der Waals surface area contributed by atoms with Crippen LogP contribution < -0.4 is 0 Å². The maximum Gasteiger partial charge on any atom is 0.128 e. The highest BCUT2D eigenvalue weighted by molar-refractivity contribution is 5.38. The van der Waals surface area contributed by atoms with Gasteiger partial charge in [0.05, 0.1) is 11.7 Å². The topological polar surface area (TPSA) is 40.5 Å². The molecule has 0 aromatic heterocycles. The van der Waals surface area contributed by atoms with Gasteiger partial charge in [0.15, 0.2) is 0 Å². The summed E-state index contributed by atoms with van der Waals surface area (Å²) in [6, 6.07) is 0. The van der Waals surface area contributed by atoms with Crippen molar-refractivity contribution in [2.75, 3.05) is 0 Å². The van der Waals surface area contributed by atoms with E-state index in [-0.39, 0.29) is 27.8 Å². The molecule has 190 valence electrons. The molecule has 0 saturated heterocycles. The zero-order valence-corrected chi connectivity index (χ0v) is 22.7. The molecule has 33 heavy (non-hydrogen) atoms. The van der Waals surface area contributed by atoms with E-state index in [1.54, 1.807) is 25.0 Å². The Labute approximate surface area is 202 Å². The van der Waals surface area contributed by atoms with E-state index in [9.17, 15) is 14.6 Å². The smallest absolute Gasteiger partial charge is 0.128 e. The molecule has 0 aliphatic heterocycles. The molecule has 0 radical (unpaired) electrons. The van der Waals surface area contributed by atoms with E-state index in [2.05, 4.69) is 41.5 Å². The van der Waals surface area contributed by atoms with Crippen molar-refractivity contribution in [1.29, 1.82) is 0 Å². The molecule has 0 aromatic rings. The summed E-state index contributed by atoms with van der Waals surface area (Å²) in [7, 11) is 0. The van der Waals surface area contributed by atoms with Gasteiger partial charge in [0, 0.05) is 0 Å². The van der Waals surface area contributed by atoms with Crippen LogP contribution in [0, 0.1) is 39.4 Å². The van der Waals surface area contributed by atoms with Gasteiger partial charge in [-0.25, -0.2) is 4.39 Å². The second kappa shape index (κ2) is 8.05. The molecule has 2 saturated carbocycles. The van der Waals surface area contributed by atoms with E-state index in [0.717, 1.165) is 19.3 Å². The van der Waals surface area contributed by atoms with Gasteiger partial charge in [0.2, 0.25) is 0 Å². The summed E-state index contributed by atoms with van der Waals surface area (Å²) in [5.74, 6) is 1.68. The standard InChI is InChI=1S/C30H51FO2/c1-19(9-12-24(31)27(4,5)33)20-13-17-30(8)22-10-11-23-26(2,3)25(32)15-16-28(23,6)21(22)14-18-29(20,30)7/h19-20,23-25,32-33H,9-18H2,1-8H3/t19-,20-,23+,24?,25+,28-,29-,30+/m1/s1.